The Morgan fingerprint density at radius 3 is 2.92 bits per heavy atom. The monoisotopic (exact) mass is 609 g/mol. The molecule has 4 aromatic rings. The van der Waals surface area contributed by atoms with Gasteiger partial charge in [0.1, 0.15) is 20.2 Å². The number of halogens is 1. The summed E-state index contributed by atoms with van der Waals surface area (Å²) in [5.74, 6) is 1.22. The van der Waals surface area contributed by atoms with Crippen molar-refractivity contribution in [3.8, 4) is 22.8 Å². The van der Waals surface area contributed by atoms with Crippen LogP contribution in [0.15, 0.2) is 42.6 Å². The third kappa shape index (κ3) is 4.20. The SMILES string of the molecule is [B]c1ccc2c(c1)OC1CCN(CCOc3c(cnn3C)-c3ccc4c(c3)c(nn4PI)/C=C/2)C1=O. The van der Waals surface area contributed by atoms with E-state index in [2.05, 4.69) is 45.3 Å². The standard InChI is InChI=1S/C25H22BIN5O3P/c1-30-25-19(14-28-30)16-4-7-21-18(12-16)20(29-32(21)36-27)6-3-15-2-5-17(26)13-23(15)35-22-8-9-31(24(22)33)10-11-34-25/h2-7,12-14,22,36H,8-11H2,1H3/b6-3+. The fourth-order valence-corrected chi connectivity index (χ4v) is 6.23. The highest BCUT2D eigenvalue weighted by Gasteiger charge is 2.33. The maximum absolute atomic E-state index is 13.1. The van der Waals surface area contributed by atoms with Crippen molar-refractivity contribution in [1.82, 2.24) is 24.2 Å². The maximum atomic E-state index is 13.1. The van der Waals surface area contributed by atoms with Gasteiger partial charge < -0.3 is 14.4 Å². The first-order chi connectivity index (χ1) is 17.5. The van der Waals surface area contributed by atoms with E-state index >= 15 is 0 Å². The summed E-state index contributed by atoms with van der Waals surface area (Å²) in [6.45, 7) is 1.45. The quantitative estimate of drug-likeness (QED) is 0.188. The molecule has 2 aliphatic rings. The molecule has 0 spiro atoms. The fraction of sp³-hybridized carbons (Fsp3) is 0.240. The van der Waals surface area contributed by atoms with E-state index in [-0.39, 0.29) is 5.91 Å². The highest BCUT2D eigenvalue weighted by atomic mass is 127. The second kappa shape index (κ2) is 9.55. The van der Waals surface area contributed by atoms with E-state index in [9.17, 15) is 4.79 Å². The molecule has 11 heteroatoms. The highest BCUT2D eigenvalue weighted by molar-refractivity contribution is 14.2. The molecule has 1 fully saturated rings. The average molecular weight is 609 g/mol. The van der Waals surface area contributed by atoms with Crippen molar-refractivity contribution in [3.63, 3.8) is 0 Å². The summed E-state index contributed by atoms with van der Waals surface area (Å²) in [5, 5.41) is 10.3. The minimum Gasteiger partial charge on any atom is -0.480 e. The number of hydrogen-bond donors (Lipinski definition) is 0. The minimum atomic E-state index is -0.553. The van der Waals surface area contributed by atoms with Crippen molar-refractivity contribution in [3.05, 3.63) is 53.9 Å². The van der Waals surface area contributed by atoms with Crippen LogP contribution >= 0.6 is 28.4 Å². The summed E-state index contributed by atoms with van der Waals surface area (Å²) >= 11 is 2.34. The van der Waals surface area contributed by atoms with E-state index in [1.165, 1.54) is 0 Å². The number of hydrogen-bond acceptors (Lipinski definition) is 5. The zero-order valence-corrected chi connectivity index (χ0v) is 22.7. The van der Waals surface area contributed by atoms with Crippen LogP contribution in [0.25, 0.3) is 34.2 Å². The van der Waals surface area contributed by atoms with Crippen LogP contribution in [-0.4, -0.2) is 63.8 Å². The van der Waals surface area contributed by atoms with Crippen LogP contribution in [0.2, 0.25) is 0 Å². The van der Waals surface area contributed by atoms with Gasteiger partial charge in [-0.15, -0.1) is 0 Å². The number of fused-ring (bicyclic) bond motifs is 6. The van der Waals surface area contributed by atoms with Crippen LogP contribution in [0.4, 0.5) is 0 Å². The van der Waals surface area contributed by atoms with Crippen LogP contribution in [0, 0.1) is 0 Å². The summed E-state index contributed by atoms with van der Waals surface area (Å²) in [5.41, 5.74) is 5.22. The Morgan fingerprint density at radius 1 is 1.17 bits per heavy atom. The molecule has 4 bridgehead atoms. The third-order valence-electron chi connectivity index (χ3n) is 6.56. The molecule has 2 aromatic heterocycles. The molecule has 2 atom stereocenters. The molecule has 0 aliphatic carbocycles. The first-order valence-electron chi connectivity index (χ1n) is 11.6. The van der Waals surface area contributed by atoms with Crippen molar-refractivity contribution in [2.45, 2.75) is 12.5 Å². The molecule has 1 amide bonds. The number of carbonyl (C=O) groups is 1. The van der Waals surface area contributed by atoms with Crippen molar-refractivity contribution in [1.29, 1.82) is 0 Å². The summed E-state index contributed by atoms with van der Waals surface area (Å²) in [6.07, 6.45) is 6.29. The molecule has 0 saturated carbocycles. The number of nitrogens with zero attached hydrogens (tertiary/aromatic N) is 5. The Hall–Kier alpha value is -2.85. The average Bonchev–Trinajstić information content (AvgIpc) is 3.54. The van der Waals surface area contributed by atoms with E-state index in [4.69, 9.17) is 22.4 Å². The molecule has 180 valence electrons. The second-order valence-electron chi connectivity index (χ2n) is 8.80. The Morgan fingerprint density at radius 2 is 2.06 bits per heavy atom. The number of carbonyl (C=O) groups excluding carboxylic acids is 1. The van der Waals surface area contributed by atoms with Crippen molar-refractivity contribution >= 4 is 70.7 Å². The first kappa shape index (κ1) is 23.5. The Balaban J connectivity index is 1.51. The topological polar surface area (TPSA) is 74.4 Å². The van der Waals surface area contributed by atoms with Crippen LogP contribution in [0.3, 0.4) is 0 Å². The molecular formula is C25H22BIN5O3P. The molecule has 2 radical (unpaired) electrons. The first-order valence-corrected chi connectivity index (χ1v) is 15.7. The van der Waals surface area contributed by atoms with Gasteiger partial charge >= 0.3 is 0 Å². The smallest absolute Gasteiger partial charge is 0.263 e. The van der Waals surface area contributed by atoms with Crippen LogP contribution < -0.4 is 14.9 Å². The number of amides is 1. The number of rotatable bonds is 1. The molecule has 0 N–H and O–H groups in total. The molecule has 2 aliphatic heterocycles. The van der Waals surface area contributed by atoms with Crippen LogP contribution in [0.5, 0.6) is 11.6 Å². The number of benzene rings is 2. The number of aromatic nitrogens is 4. The lowest BCUT2D eigenvalue weighted by atomic mass is 9.94. The summed E-state index contributed by atoms with van der Waals surface area (Å²) in [7, 11) is 7.92. The molecule has 1 saturated heterocycles. The van der Waals surface area contributed by atoms with Gasteiger partial charge in [-0.2, -0.15) is 10.2 Å². The van der Waals surface area contributed by atoms with Crippen molar-refractivity contribution < 1.29 is 14.3 Å². The van der Waals surface area contributed by atoms with Gasteiger partial charge in [0, 0.05) is 31.0 Å². The van der Waals surface area contributed by atoms with E-state index in [1.54, 1.807) is 15.6 Å². The Kier molecular flexibility index (Phi) is 6.25. The largest absolute Gasteiger partial charge is 0.480 e. The van der Waals surface area contributed by atoms with E-state index in [0.717, 1.165) is 33.3 Å². The summed E-state index contributed by atoms with van der Waals surface area (Å²) < 4.78 is 16.1. The van der Waals surface area contributed by atoms with Crippen molar-refractivity contribution in [2.75, 3.05) is 19.7 Å². The predicted octanol–water partition coefficient (Wildman–Crippen LogP) is 3.56. The molecule has 36 heavy (non-hydrogen) atoms. The zero-order valence-electron chi connectivity index (χ0n) is 19.5. The maximum Gasteiger partial charge on any atom is 0.263 e. The number of ether oxygens (including phenoxy) is 2. The zero-order chi connectivity index (χ0) is 24.8. The van der Waals surface area contributed by atoms with Crippen LogP contribution in [0.1, 0.15) is 17.7 Å². The summed E-state index contributed by atoms with van der Waals surface area (Å²) in [6, 6.07) is 11.8. The van der Waals surface area contributed by atoms with Gasteiger partial charge in [-0.3, -0.25) is 4.79 Å². The normalized spacial score (nSPS) is 18.8. The van der Waals surface area contributed by atoms with Gasteiger partial charge in [-0.1, -0.05) is 23.7 Å². The lowest BCUT2D eigenvalue weighted by Crippen LogP contribution is -2.35. The third-order valence-corrected chi connectivity index (χ3v) is 8.43. The molecule has 8 nitrogen and oxygen atoms in total. The Bertz CT molecular complexity index is 1520. The van der Waals surface area contributed by atoms with E-state index in [0.29, 0.717) is 49.6 Å². The lowest BCUT2D eigenvalue weighted by Gasteiger charge is -2.19. The van der Waals surface area contributed by atoms with Gasteiger partial charge in [0.2, 0.25) is 5.88 Å². The molecule has 4 heterocycles. The van der Waals surface area contributed by atoms with Gasteiger partial charge in [-0.25, -0.2) is 9.13 Å². The van der Waals surface area contributed by atoms with Gasteiger partial charge in [0.05, 0.1) is 35.9 Å². The molecule has 6 rings (SSSR count). The minimum absolute atomic E-state index is 0.0411. The Labute approximate surface area is 224 Å². The molecular weight excluding hydrogens is 587 g/mol. The van der Waals surface area contributed by atoms with E-state index in [1.807, 2.05) is 42.0 Å². The van der Waals surface area contributed by atoms with Gasteiger partial charge in [0.25, 0.3) is 5.91 Å². The predicted molar refractivity (Wildman–Crippen MR) is 152 cm³/mol. The van der Waals surface area contributed by atoms with Gasteiger partial charge in [0.15, 0.2) is 6.10 Å². The van der Waals surface area contributed by atoms with Crippen molar-refractivity contribution in [2.24, 2.45) is 7.05 Å². The molecule has 2 unspecified atom stereocenters. The summed E-state index contributed by atoms with van der Waals surface area (Å²) in [4.78, 5) is 14.9. The highest BCUT2D eigenvalue weighted by Crippen LogP contribution is 2.36. The van der Waals surface area contributed by atoms with Crippen LogP contribution in [-0.2, 0) is 11.8 Å². The lowest BCUT2D eigenvalue weighted by molar-refractivity contribution is -0.133. The van der Waals surface area contributed by atoms with Gasteiger partial charge in [-0.05, 0) is 58.0 Å². The second-order valence-corrected chi connectivity index (χ2v) is 10.8. The fourth-order valence-electron chi connectivity index (χ4n) is 4.70. The number of aryl methyl sites for hydroxylation is 1. The molecule has 2 aromatic carbocycles. The van der Waals surface area contributed by atoms with E-state index < -0.39 is 6.10 Å².